The van der Waals surface area contributed by atoms with Gasteiger partial charge in [-0.25, -0.2) is 0 Å². The number of halogens is 1. The molecule has 0 aliphatic carbocycles. The largest absolute Gasteiger partial charge is 0.496 e. The van der Waals surface area contributed by atoms with Gasteiger partial charge in [-0.15, -0.1) is 0 Å². The van der Waals surface area contributed by atoms with Gasteiger partial charge < -0.3 is 25.0 Å². The van der Waals surface area contributed by atoms with Crippen LogP contribution in [0.3, 0.4) is 0 Å². The summed E-state index contributed by atoms with van der Waals surface area (Å²) in [4.78, 5) is 27.9. The minimum Gasteiger partial charge on any atom is -0.496 e. The van der Waals surface area contributed by atoms with Gasteiger partial charge in [0.05, 0.1) is 25.4 Å². The molecule has 0 bridgehead atoms. The molecule has 0 radical (unpaired) electrons. The third-order valence-corrected chi connectivity index (χ3v) is 6.54. The van der Waals surface area contributed by atoms with Crippen LogP contribution < -0.4 is 25.0 Å². The lowest BCUT2D eigenvalue weighted by molar-refractivity contribution is -0.129. The second kappa shape index (κ2) is 10.0. The molecule has 1 heterocycles. The molecule has 4 rings (SSSR count). The van der Waals surface area contributed by atoms with Gasteiger partial charge in [-0.2, -0.15) is 0 Å². The van der Waals surface area contributed by atoms with Gasteiger partial charge in [-0.1, -0.05) is 28.1 Å². The SMILES string of the molecule is CN[C@@H](C)C(=O)N[C@H]1COc2cc(C)ccc2N(Cc2cc3cc(Br)ccc3cc2OC)C1=O. The Hall–Kier alpha value is -3.10. The Balaban J connectivity index is 1.75. The van der Waals surface area contributed by atoms with E-state index in [4.69, 9.17) is 9.47 Å². The summed E-state index contributed by atoms with van der Waals surface area (Å²) in [6.07, 6.45) is 0. The second-order valence-electron chi connectivity index (χ2n) is 8.43. The monoisotopic (exact) mass is 525 g/mol. The van der Waals surface area contributed by atoms with Crippen molar-refractivity contribution >= 4 is 44.2 Å². The number of nitrogens with one attached hydrogen (secondary N) is 2. The zero-order valence-electron chi connectivity index (χ0n) is 19.6. The highest BCUT2D eigenvalue weighted by Crippen LogP contribution is 2.36. The number of nitrogens with zero attached hydrogens (tertiary/aromatic N) is 1. The van der Waals surface area contributed by atoms with Crippen LogP contribution in [-0.4, -0.2) is 44.7 Å². The van der Waals surface area contributed by atoms with E-state index >= 15 is 0 Å². The zero-order chi connectivity index (χ0) is 24.4. The Morgan fingerprint density at radius 1 is 1.21 bits per heavy atom. The van der Waals surface area contributed by atoms with Gasteiger partial charge in [0, 0.05) is 10.0 Å². The summed E-state index contributed by atoms with van der Waals surface area (Å²) in [5, 5.41) is 7.80. The van der Waals surface area contributed by atoms with E-state index in [9.17, 15) is 9.59 Å². The Morgan fingerprint density at radius 2 is 2.00 bits per heavy atom. The number of hydrogen-bond donors (Lipinski definition) is 2. The standard InChI is InChI=1S/C26H28BrN3O4/c1-15-5-8-22-24(9-15)34-14-21(29-25(31)16(2)28-3)26(32)30(22)13-19-10-18-11-20(27)7-6-17(18)12-23(19)33-4/h5-12,16,21,28H,13-14H2,1-4H3,(H,29,31)/t16-,21-/m0/s1. The summed E-state index contributed by atoms with van der Waals surface area (Å²) in [5.41, 5.74) is 2.53. The molecule has 0 aromatic heterocycles. The summed E-state index contributed by atoms with van der Waals surface area (Å²) in [6, 6.07) is 14.5. The topological polar surface area (TPSA) is 79.9 Å². The van der Waals surface area contributed by atoms with Gasteiger partial charge in [-0.05, 0) is 73.6 Å². The molecule has 2 amide bonds. The average molecular weight is 526 g/mol. The number of methoxy groups -OCH3 is 1. The maximum absolute atomic E-state index is 13.7. The van der Waals surface area contributed by atoms with Crippen molar-refractivity contribution in [3.8, 4) is 11.5 Å². The Bertz CT molecular complexity index is 1250. The Kier molecular flexibility index (Phi) is 7.09. The first-order chi connectivity index (χ1) is 16.3. The van der Waals surface area contributed by atoms with Crippen LogP contribution in [0.5, 0.6) is 11.5 Å². The molecule has 1 aliphatic rings. The van der Waals surface area contributed by atoms with E-state index in [0.29, 0.717) is 17.2 Å². The maximum atomic E-state index is 13.7. The number of benzene rings is 3. The molecule has 2 N–H and O–H groups in total. The fourth-order valence-corrected chi connectivity index (χ4v) is 4.36. The van der Waals surface area contributed by atoms with Crippen LogP contribution in [0.2, 0.25) is 0 Å². The number of amides is 2. The normalized spacial score (nSPS) is 16.4. The van der Waals surface area contributed by atoms with Gasteiger partial charge >= 0.3 is 0 Å². The molecule has 0 saturated carbocycles. The highest BCUT2D eigenvalue weighted by molar-refractivity contribution is 9.10. The molecule has 0 fully saturated rings. The first-order valence-corrected chi connectivity index (χ1v) is 11.9. The van der Waals surface area contributed by atoms with Gasteiger partial charge in [0.2, 0.25) is 5.91 Å². The highest BCUT2D eigenvalue weighted by atomic mass is 79.9. The molecule has 3 aromatic carbocycles. The molecule has 7 nitrogen and oxygen atoms in total. The predicted octanol–water partition coefficient (Wildman–Crippen LogP) is 3.94. The fraction of sp³-hybridized carbons (Fsp3) is 0.308. The molecule has 2 atom stereocenters. The summed E-state index contributed by atoms with van der Waals surface area (Å²) in [6.45, 7) is 4.03. The van der Waals surface area contributed by atoms with E-state index in [-0.39, 0.29) is 25.0 Å². The van der Waals surface area contributed by atoms with Gasteiger partial charge in [-0.3, -0.25) is 9.59 Å². The van der Waals surface area contributed by atoms with E-state index < -0.39 is 12.1 Å². The van der Waals surface area contributed by atoms with E-state index in [2.05, 4.69) is 26.6 Å². The third-order valence-electron chi connectivity index (χ3n) is 6.05. The molecule has 0 unspecified atom stereocenters. The summed E-state index contributed by atoms with van der Waals surface area (Å²) >= 11 is 3.53. The lowest BCUT2D eigenvalue weighted by Crippen LogP contribution is -2.53. The molecular weight excluding hydrogens is 498 g/mol. The van der Waals surface area contributed by atoms with Gasteiger partial charge in [0.1, 0.15) is 24.1 Å². The fourth-order valence-electron chi connectivity index (χ4n) is 3.98. The van der Waals surface area contributed by atoms with E-state index in [1.807, 2.05) is 55.5 Å². The van der Waals surface area contributed by atoms with Crippen molar-refractivity contribution in [2.24, 2.45) is 0 Å². The van der Waals surface area contributed by atoms with Crippen LogP contribution >= 0.6 is 15.9 Å². The maximum Gasteiger partial charge on any atom is 0.253 e. The zero-order valence-corrected chi connectivity index (χ0v) is 21.2. The molecule has 8 heteroatoms. The quantitative estimate of drug-likeness (QED) is 0.509. The van der Waals surface area contributed by atoms with Crippen LogP contribution in [0.1, 0.15) is 18.1 Å². The number of carbonyl (C=O) groups excluding carboxylic acids is 2. The van der Waals surface area contributed by atoms with Crippen LogP contribution in [0.15, 0.2) is 53.0 Å². The smallest absolute Gasteiger partial charge is 0.253 e. The Morgan fingerprint density at radius 3 is 2.74 bits per heavy atom. The molecule has 1 aliphatic heterocycles. The average Bonchev–Trinajstić information content (AvgIpc) is 2.94. The van der Waals surface area contributed by atoms with Crippen LogP contribution in [-0.2, 0) is 16.1 Å². The van der Waals surface area contributed by atoms with Gasteiger partial charge in [0.25, 0.3) is 5.91 Å². The number of aryl methyl sites for hydroxylation is 1. The van der Waals surface area contributed by atoms with Crippen LogP contribution in [0.4, 0.5) is 5.69 Å². The van der Waals surface area contributed by atoms with Crippen molar-refractivity contribution in [3.63, 3.8) is 0 Å². The van der Waals surface area contributed by atoms with Crippen molar-refractivity contribution in [1.82, 2.24) is 10.6 Å². The molecule has 0 spiro atoms. The van der Waals surface area contributed by atoms with Gasteiger partial charge in [0.15, 0.2) is 0 Å². The first-order valence-electron chi connectivity index (χ1n) is 11.1. The van der Waals surface area contributed by atoms with E-state index in [1.54, 1.807) is 26.0 Å². The number of fused-ring (bicyclic) bond motifs is 2. The molecule has 0 saturated heterocycles. The lowest BCUT2D eigenvalue weighted by Gasteiger charge is -2.26. The summed E-state index contributed by atoms with van der Waals surface area (Å²) < 4.78 is 12.6. The number of rotatable bonds is 6. The number of likely N-dealkylation sites (N-methyl/N-ethyl adjacent to an activating group) is 1. The molecule has 3 aromatic rings. The minimum absolute atomic E-state index is 0.0514. The number of hydrogen-bond acceptors (Lipinski definition) is 5. The highest BCUT2D eigenvalue weighted by Gasteiger charge is 2.34. The van der Waals surface area contributed by atoms with Crippen LogP contribution in [0, 0.1) is 6.92 Å². The lowest BCUT2D eigenvalue weighted by atomic mass is 10.0. The van der Waals surface area contributed by atoms with Crippen molar-refractivity contribution < 1.29 is 19.1 Å². The van der Waals surface area contributed by atoms with Crippen molar-refractivity contribution in [2.45, 2.75) is 32.5 Å². The minimum atomic E-state index is -0.823. The third kappa shape index (κ3) is 4.88. The first kappa shape index (κ1) is 24.0. The number of anilines is 1. The van der Waals surface area contributed by atoms with Crippen molar-refractivity contribution in [2.75, 3.05) is 25.7 Å². The van der Waals surface area contributed by atoms with Crippen molar-refractivity contribution in [3.05, 3.63) is 64.1 Å². The molecule has 178 valence electrons. The molecule has 34 heavy (non-hydrogen) atoms. The second-order valence-corrected chi connectivity index (χ2v) is 9.35. The van der Waals surface area contributed by atoms with Crippen molar-refractivity contribution in [1.29, 1.82) is 0 Å². The predicted molar refractivity (Wildman–Crippen MR) is 137 cm³/mol. The Labute approximate surface area is 207 Å². The summed E-state index contributed by atoms with van der Waals surface area (Å²) in [5.74, 6) is 0.787. The number of ether oxygens (including phenoxy) is 2. The number of carbonyl (C=O) groups is 2. The summed E-state index contributed by atoms with van der Waals surface area (Å²) in [7, 11) is 3.32. The van der Waals surface area contributed by atoms with E-state index in [1.165, 1.54) is 0 Å². The van der Waals surface area contributed by atoms with E-state index in [0.717, 1.165) is 26.4 Å². The van der Waals surface area contributed by atoms with Crippen LogP contribution in [0.25, 0.3) is 10.8 Å². The molecular formula is C26H28BrN3O4.